The molecule has 2 atom stereocenters. The van der Waals surface area contributed by atoms with Gasteiger partial charge in [-0.1, -0.05) is 30.3 Å². The Bertz CT molecular complexity index is 761. The number of imidazole rings is 1. The molecule has 2 saturated heterocycles. The zero-order chi connectivity index (χ0) is 18.6. The highest BCUT2D eigenvalue weighted by molar-refractivity contribution is 5.82. The van der Waals surface area contributed by atoms with Gasteiger partial charge in [0.1, 0.15) is 11.9 Å². The smallest absolute Gasteiger partial charge is 0.253 e. The first-order valence-electron chi connectivity index (χ1n) is 9.87. The van der Waals surface area contributed by atoms with E-state index in [1.807, 2.05) is 30.3 Å². The standard InChI is InChI=1S/C21H28N4O2/c1-17-22-9-11-24(17)15-19-8-5-10-25(19)21(26)20-16-23(12-13-27-20)14-18-6-3-2-4-7-18/h2-4,6-7,9,11,19-20H,5,8,10,12-16H2,1H3. The lowest BCUT2D eigenvalue weighted by atomic mass is 10.1. The summed E-state index contributed by atoms with van der Waals surface area (Å²) in [6, 6.07) is 10.7. The Morgan fingerprint density at radius 3 is 2.89 bits per heavy atom. The number of aryl methyl sites for hydroxylation is 1. The summed E-state index contributed by atoms with van der Waals surface area (Å²) in [4.78, 5) is 21.8. The van der Waals surface area contributed by atoms with Gasteiger partial charge in [0, 0.05) is 51.2 Å². The summed E-state index contributed by atoms with van der Waals surface area (Å²) in [6.07, 6.45) is 5.57. The minimum atomic E-state index is -0.355. The summed E-state index contributed by atoms with van der Waals surface area (Å²) in [5.74, 6) is 1.14. The minimum absolute atomic E-state index is 0.146. The number of ether oxygens (including phenoxy) is 1. The van der Waals surface area contributed by atoms with Crippen LogP contribution < -0.4 is 0 Å². The van der Waals surface area contributed by atoms with Gasteiger partial charge in [-0.25, -0.2) is 4.98 Å². The second-order valence-electron chi connectivity index (χ2n) is 7.53. The maximum atomic E-state index is 13.2. The summed E-state index contributed by atoms with van der Waals surface area (Å²) < 4.78 is 8.01. The molecule has 0 saturated carbocycles. The highest BCUT2D eigenvalue weighted by Crippen LogP contribution is 2.22. The Morgan fingerprint density at radius 2 is 2.11 bits per heavy atom. The van der Waals surface area contributed by atoms with Gasteiger partial charge in [0.25, 0.3) is 5.91 Å². The SMILES string of the molecule is Cc1nccn1CC1CCCN1C(=O)C1CN(Cc2ccccc2)CCO1. The predicted octanol–water partition coefficient (Wildman–Crippen LogP) is 2.08. The molecule has 6 nitrogen and oxygen atoms in total. The molecule has 0 spiro atoms. The lowest BCUT2D eigenvalue weighted by molar-refractivity contribution is -0.150. The fraction of sp³-hybridized carbons (Fsp3) is 0.524. The van der Waals surface area contributed by atoms with Crippen molar-refractivity contribution in [1.29, 1.82) is 0 Å². The molecule has 2 unspecified atom stereocenters. The van der Waals surface area contributed by atoms with Gasteiger partial charge >= 0.3 is 0 Å². The molecule has 3 heterocycles. The van der Waals surface area contributed by atoms with E-state index in [1.54, 1.807) is 0 Å². The molecule has 0 bridgehead atoms. The molecule has 6 heteroatoms. The Labute approximate surface area is 160 Å². The van der Waals surface area contributed by atoms with Crippen molar-refractivity contribution in [3.05, 3.63) is 54.1 Å². The van der Waals surface area contributed by atoms with Crippen molar-refractivity contribution in [2.75, 3.05) is 26.2 Å². The van der Waals surface area contributed by atoms with Gasteiger partial charge in [-0.15, -0.1) is 0 Å². The van der Waals surface area contributed by atoms with Crippen LogP contribution in [0.15, 0.2) is 42.7 Å². The summed E-state index contributed by atoms with van der Waals surface area (Å²) in [5, 5.41) is 0. The van der Waals surface area contributed by atoms with Gasteiger partial charge in [0.05, 0.1) is 6.61 Å². The molecule has 0 radical (unpaired) electrons. The zero-order valence-corrected chi connectivity index (χ0v) is 16.0. The number of likely N-dealkylation sites (tertiary alicyclic amines) is 1. The second-order valence-corrected chi connectivity index (χ2v) is 7.53. The van der Waals surface area contributed by atoms with Crippen LogP contribution in [0.25, 0.3) is 0 Å². The quantitative estimate of drug-likeness (QED) is 0.811. The van der Waals surface area contributed by atoms with Crippen molar-refractivity contribution in [3.63, 3.8) is 0 Å². The van der Waals surface area contributed by atoms with Crippen molar-refractivity contribution in [3.8, 4) is 0 Å². The molecular weight excluding hydrogens is 340 g/mol. The monoisotopic (exact) mass is 368 g/mol. The molecule has 2 aliphatic heterocycles. The molecular formula is C21H28N4O2. The third-order valence-electron chi connectivity index (χ3n) is 5.67. The molecule has 0 N–H and O–H groups in total. The highest BCUT2D eigenvalue weighted by atomic mass is 16.5. The summed E-state index contributed by atoms with van der Waals surface area (Å²) in [7, 11) is 0. The molecule has 27 heavy (non-hydrogen) atoms. The molecule has 2 aromatic rings. The Kier molecular flexibility index (Phi) is 5.55. The normalized spacial score (nSPS) is 23.7. The van der Waals surface area contributed by atoms with E-state index in [4.69, 9.17) is 4.74 Å². The number of aromatic nitrogens is 2. The third kappa shape index (κ3) is 4.22. The molecule has 2 fully saturated rings. The predicted molar refractivity (Wildman–Crippen MR) is 103 cm³/mol. The van der Waals surface area contributed by atoms with Crippen molar-refractivity contribution in [1.82, 2.24) is 19.4 Å². The number of morpholine rings is 1. The molecule has 2 aliphatic rings. The molecule has 1 aromatic carbocycles. The van der Waals surface area contributed by atoms with E-state index in [0.29, 0.717) is 13.2 Å². The van der Waals surface area contributed by atoms with E-state index in [2.05, 4.69) is 38.7 Å². The fourth-order valence-electron chi connectivity index (χ4n) is 4.16. The summed E-state index contributed by atoms with van der Waals surface area (Å²) >= 11 is 0. The third-order valence-corrected chi connectivity index (χ3v) is 5.67. The van der Waals surface area contributed by atoms with E-state index in [9.17, 15) is 4.79 Å². The van der Waals surface area contributed by atoms with Gasteiger partial charge in [0.15, 0.2) is 0 Å². The lowest BCUT2D eigenvalue weighted by Crippen LogP contribution is -2.52. The number of benzene rings is 1. The van der Waals surface area contributed by atoms with Crippen LogP contribution in [0.5, 0.6) is 0 Å². The lowest BCUT2D eigenvalue weighted by Gasteiger charge is -2.35. The first-order chi connectivity index (χ1) is 13.2. The summed E-state index contributed by atoms with van der Waals surface area (Å²) in [5.41, 5.74) is 1.28. The van der Waals surface area contributed by atoms with Crippen LogP contribution in [-0.2, 0) is 22.6 Å². The van der Waals surface area contributed by atoms with Gasteiger partial charge < -0.3 is 14.2 Å². The van der Waals surface area contributed by atoms with Crippen molar-refractivity contribution in [2.24, 2.45) is 0 Å². The van der Waals surface area contributed by atoms with Crippen molar-refractivity contribution in [2.45, 2.75) is 45.0 Å². The molecule has 4 rings (SSSR count). The Morgan fingerprint density at radius 1 is 1.26 bits per heavy atom. The number of rotatable bonds is 5. The molecule has 1 amide bonds. The number of hydrogen-bond acceptors (Lipinski definition) is 4. The van der Waals surface area contributed by atoms with E-state index in [1.165, 1.54) is 5.56 Å². The number of amides is 1. The summed E-state index contributed by atoms with van der Waals surface area (Å²) in [6.45, 7) is 6.67. The molecule has 144 valence electrons. The average molecular weight is 368 g/mol. The van der Waals surface area contributed by atoms with Crippen LogP contribution in [0.3, 0.4) is 0 Å². The van der Waals surface area contributed by atoms with Crippen LogP contribution in [0.1, 0.15) is 24.2 Å². The number of nitrogens with zero attached hydrogens (tertiary/aromatic N) is 4. The van der Waals surface area contributed by atoms with Crippen LogP contribution in [-0.4, -0.2) is 63.6 Å². The largest absolute Gasteiger partial charge is 0.366 e. The maximum absolute atomic E-state index is 13.2. The number of hydrogen-bond donors (Lipinski definition) is 0. The zero-order valence-electron chi connectivity index (χ0n) is 16.0. The highest BCUT2D eigenvalue weighted by Gasteiger charge is 2.36. The first-order valence-corrected chi connectivity index (χ1v) is 9.87. The maximum Gasteiger partial charge on any atom is 0.253 e. The van der Waals surface area contributed by atoms with Crippen LogP contribution in [0.4, 0.5) is 0 Å². The first kappa shape index (κ1) is 18.2. The van der Waals surface area contributed by atoms with E-state index >= 15 is 0 Å². The van der Waals surface area contributed by atoms with Gasteiger partial charge in [-0.05, 0) is 25.3 Å². The van der Waals surface area contributed by atoms with Crippen LogP contribution in [0, 0.1) is 6.92 Å². The topological polar surface area (TPSA) is 50.6 Å². The minimum Gasteiger partial charge on any atom is -0.366 e. The number of carbonyl (C=O) groups is 1. The second kappa shape index (κ2) is 8.23. The molecule has 0 aliphatic carbocycles. The number of carbonyl (C=O) groups excluding carboxylic acids is 1. The molecule has 1 aromatic heterocycles. The Hall–Kier alpha value is -2.18. The van der Waals surface area contributed by atoms with Gasteiger partial charge in [-0.2, -0.15) is 0 Å². The van der Waals surface area contributed by atoms with E-state index in [-0.39, 0.29) is 18.1 Å². The van der Waals surface area contributed by atoms with E-state index < -0.39 is 0 Å². The van der Waals surface area contributed by atoms with Crippen LogP contribution >= 0.6 is 0 Å². The van der Waals surface area contributed by atoms with Gasteiger partial charge in [-0.3, -0.25) is 9.69 Å². The average Bonchev–Trinajstić information content (AvgIpc) is 3.32. The van der Waals surface area contributed by atoms with Crippen molar-refractivity contribution < 1.29 is 9.53 Å². The van der Waals surface area contributed by atoms with Crippen molar-refractivity contribution >= 4 is 5.91 Å². The fourth-order valence-corrected chi connectivity index (χ4v) is 4.16. The van der Waals surface area contributed by atoms with E-state index in [0.717, 1.165) is 44.8 Å². The van der Waals surface area contributed by atoms with Crippen LogP contribution in [0.2, 0.25) is 0 Å². The Balaban J connectivity index is 1.38. The van der Waals surface area contributed by atoms with Gasteiger partial charge in [0.2, 0.25) is 0 Å².